The zero-order chi connectivity index (χ0) is 7.56. The predicted octanol–water partition coefficient (Wildman–Crippen LogP) is 0.415. The molecule has 0 heterocycles. The zero-order valence-corrected chi connectivity index (χ0v) is 6.67. The number of nitrogens with two attached hydrogens (primary N) is 1. The van der Waals surface area contributed by atoms with Crippen molar-refractivity contribution < 1.29 is 0 Å². The molecule has 1 aliphatic rings. The van der Waals surface area contributed by atoms with Gasteiger partial charge in [0.2, 0.25) is 0 Å². The molecule has 0 aromatic carbocycles. The van der Waals surface area contributed by atoms with Gasteiger partial charge in [0.25, 0.3) is 0 Å². The average molecular weight is 141 g/mol. The van der Waals surface area contributed by atoms with Crippen molar-refractivity contribution >= 4 is 5.96 Å². The summed E-state index contributed by atoms with van der Waals surface area (Å²) in [5, 5.41) is 0. The third-order valence-corrected chi connectivity index (χ3v) is 1.73. The van der Waals surface area contributed by atoms with Gasteiger partial charge in [0.1, 0.15) is 0 Å². The highest BCUT2D eigenvalue weighted by Gasteiger charge is 2.20. The van der Waals surface area contributed by atoms with Crippen LogP contribution in [0.1, 0.15) is 19.8 Å². The van der Waals surface area contributed by atoms with Crippen LogP contribution in [0.5, 0.6) is 0 Å². The first-order valence-electron chi connectivity index (χ1n) is 3.78. The highest BCUT2D eigenvalue weighted by Crippen LogP contribution is 2.23. The predicted molar refractivity (Wildman–Crippen MR) is 42.9 cm³/mol. The van der Waals surface area contributed by atoms with Gasteiger partial charge in [0, 0.05) is 13.6 Å². The molecule has 0 amide bonds. The van der Waals surface area contributed by atoms with Gasteiger partial charge < -0.3 is 10.6 Å². The second-order valence-electron chi connectivity index (χ2n) is 2.73. The highest BCUT2D eigenvalue weighted by atomic mass is 15.2. The smallest absolute Gasteiger partial charge is 0.191 e. The normalized spacial score (nSPS) is 19.2. The Morgan fingerprint density at radius 2 is 2.30 bits per heavy atom. The molecule has 0 aromatic rings. The van der Waals surface area contributed by atoms with Gasteiger partial charge in [-0.25, -0.2) is 4.99 Å². The molecule has 0 atom stereocenters. The molecule has 3 heteroatoms. The zero-order valence-electron chi connectivity index (χ0n) is 6.67. The Labute approximate surface area is 61.9 Å². The van der Waals surface area contributed by atoms with Crippen LogP contribution in [0.15, 0.2) is 4.99 Å². The number of rotatable bonds is 2. The average Bonchev–Trinajstić information content (AvgIpc) is 2.70. The second-order valence-corrected chi connectivity index (χ2v) is 2.73. The van der Waals surface area contributed by atoms with E-state index in [1.165, 1.54) is 12.8 Å². The fraction of sp³-hybridized carbons (Fsp3) is 0.857. The van der Waals surface area contributed by atoms with Crippen molar-refractivity contribution in [3.05, 3.63) is 0 Å². The van der Waals surface area contributed by atoms with Gasteiger partial charge in [-0.15, -0.1) is 0 Å². The van der Waals surface area contributed by atoms with Gasteiger partial charge in [-0.05, 0) is 19.8 Å². The summed E-state index contributed by atoms with van der Waals surface area (Å²) in [6, 6.07) is 0.536. The minimum absolute atomic E-state index is 0.536. The van der Waals surface area contributed by atoms with Crippen LogP contribution >= 0.6 is 0 Å². The number of aliphatic imine (C=N–C) groups is 1. The molecule has 0 bridgehead atoms. The van der Waals surface area contributed by atoms with E-state index in [9.17, 15) is 0 Å². The molecule has 0 aromatic heterocycles. The number of guanidine groups is 1. The monoisotopic (exact) mass is 141 g/mol. The largest absolute Gasteiger partial charge is 0.370 e. The summed E-state index contributed by atoms with van der Waals surface area (Å²) >= 11 is 0. The van der Waals surface area contributed by atoms with Crippen LogP contribution in [-0.2, 0) is 0 Å². The molecule has 2 N–H and O–H groups in total. The van der Waals surface area contributed by atoms with Crippen LogP contribution in [0.2, 0.25) is 0 Å². The van der Waals surface area contributed by atoms with E-state index in [2.05, 4.69) is 11.9 Å². The molecule has 1 aliphatic carbocycles. The van der Waals surface area contributed by atoms with Crippen molar-refractivity contribution in [3.8, 4) is 0 Å². The molecule has 0 aliphatic heterocycles. The van der Waals surface area contributed by atoms with Crippen molar-refractivity contribution in [2.45, 2.75) is 25.8 Å². The fourth-order valence-corrected chi connectivity index (χ4v) is 0.651. The second kappa shape index (κ2) is 2.90. The first kappa shape index (κ1) is 7.38. The standard InChI is InChI=1S/C7H15N3/c1-3-10(2)7(8)9-6-4-5-6/h6H,3-5H2,1-2H3,(H2,8,9). The maximum atomic E-state index is 5.64. The lowest BCUT2D eigenvalue weighted by molar-refractivity contribution is 0.526. The summed E-state index contributed by atoms with van der Waals surface area (Å²) in [6.07, 6.45) is 2.44. The molecule has 58 valence electrons. The summed E-state index contributed by atoms with van der Waals surface area (Å²) in [6.45, 7) is 3.00. The summed E-state index contributed by atoms with van der Waals surface area (Å²) in [4.78, 5) is 6.24. The van der Waals surface area contributed by atoms with E-state index in [1.54, 1.807) is 0 Å². The maximum Gasteiger partial charge on any atom is 0.191 e. The molecule has 0 spiro atoms. The van der Waals surface area contributed by atoms with Crippen LogP contribution in [0, 0.1) is 0 Å². The molecular weight excluding hydrogens is 126 g/mol. The first-order valence-corrected chi connectivity index (χ1v) is 3.78. The summed E-state index contributed by atoms with van der Waals surface area (Å²) in [5.74, 6) is 0.685. The molecule has 1 saturated carbocycles. The van der Waals surface area contributed by atoms with Crippen LogP contribution in [0.25, 0.3) is 0 Å². The van der Waals surface area contributed by atoms with Gasteiger partial charge >= 0.3 is 0 Å². The number of nitrogens with zero attached hydrogens (tertiary/aromatic N) is 2. The Morgan fingerprint density at radius 1 is 1.70 bits per heavy atom. The van der Waals surface area contributed by atoms with Crippen LogP contribution in [0.3, 0.4) is 0 Å². The van der Waals surface area contributed by atoms with E-state index in [1.807, 2.05) is 11.9 Å². The van der Waals surface area contributed by atoms with Crippen LogP contribution in [-0.4, -0.2) is 30.5 Å². The summed E-state index contributed by atoms with van der Waals surface area (Å²) in [7, 11) is 1.96. The Balaban J connectivity index is 2.36. The van der Waals surface area contributed by atoms with E-state index in [0.29, 0.717) is 12.0 Å². The highest BCUT2D eigenvalue weighted by molar-refractivity contribution is 5.78. The molecular formula is C7H15N3. The van der Waals surface area contributed by atoms with Gasteiger partial charge in [0.05, 0.1) is 6.04 Å². The van der Waals surface area contributed by atoms with Crippen LogP contribution < -0.4 is 5.73 Å². The van der Waals surface area contributed by atoms with Gasteiger partial charge in [0.15, 0.2) is 5.96 Å². The maximum absolute atomic E-state index is 5.64. The van der Waals surface area contributed by atoms with Crippen molar-refractivity contribution in [2.75, 3.05) is 13.6 Å². The van der Waals surface area contributed by atoms with E-state index >= 15 is 0 Å². The van der Waals surface area contributed by atoms with E-state index < -0.39 is 0 Å². The summed E-state index contributed by atoms with van der Waals surface area (Å²) < 4.78 is 0. The molecule has 0 unspecified atom stereocenters. The summed E-state index contributed by atoms with van der Waals surface area (Å²) in [5.41, 5.74) is 5.64. The Bertz CT molecular complexity index is 138. The molecule has 1 rings (SSSR count). The van der Waals surface area contributed by atoms with E-state index in [4.69, 9.17) is 5.73 Å². The van der Waals surface area contributed by atoms with Gasteiger partial charge in [-0.2, -0.15) is 0 Å². The van der Waals surface area contributed by atoms with Gasteiger partial charge in [-0.3, -0.25) is 0 Å². The minimum atomic E-state index is 0.536. The molecule has 0 radical (unpaired) electrons. The SMILES string of the molecule is CCN(C)C(N)=NC1CC1. The lowest BCUT2D eigenvalue weighted by Crippen LogP contribution is -2.33. The molecule has 1 fully saturated rings. The third kappa shape index (κ3) is 1.90. The van der Waals surface area contributed by atoms with Crippen molar-refractivity contribution in [2.24, 2.45) is 10.7 Å². The first-order chi connectivity index (χ1) is 4.74. The Kier molecular flexibility index (Phi) is 2.14. The van der Waals surface area contributed by atoms with Crippen molar-refractivity contribution in [3.63, 3.8) is 0 Å². The number of hydrogen-bond acceptors (Lipinski definition) is 1. The van der Waals surface area contributed by atoms with E-state index in [-0.39, 0.29) is 0 Å². The molecule has 3 nitrogen and oxygen atoms in total. The van der Waals surface area contributed by atoms with Crippen LogP contribution in [0.4, 0.5) is 0 Å². The fourth-order valence-electron chi connectivity index (χ4n) is 0.651. The third-order valence-electron chi connectivity index (χ3n) is 1.73. The Hall–Kier alpha value is -0.730. The lowest BCUT2D eigenvalue weighted by atomic mass is 10.6. The molecule has 0 saturated heterocycles. The van der Waals surface area contributed by atoms with Crippen molar-refractivity contribution in [1.29, 1.82) is 0 Å². The topological polar surface area (TPSA) is 41.6 Å². The van der Waals surface area contributed by atoms with E-state index in [0.717, 1.165) is 6.54 Å². The van der Waals surface area contributed by atoms with Gasteiger partial charge in [-0.1, -0.05) is 0 Å². The molecule has 10 heavy (non-hydrogen) atoms. The number of hydrogen-bond donors (Lipinski definition) is 1. The minimum Gasteiger partial charge on any atom is -0.370 e. The Morgan fingerprint density at radius 3 is 2.70 bits per heavy atom. The quantitative estimate of drug-likeness (QED) is 0.447. The lowest BCUT2D eigenvalue weighted by Gasteiger charge is -2.14. The van der Waals surface area contributed by atoms with Crippen molar-refractivity contribution in [1.82, 2.24) is 4.90 Å².